The van der Waals surface area contributed by atoms with Crippen LogP contribution >= 0.6 is 0 Å². The minimum absolute atomic E-state index is 0.238. The maximum Gasteiger partial charge on any atom is 0.0917 e. The monoisotopic (exact) mass is 306 g/mol. The molecule has 0 radical (unpaired) electrons. The molecule has 4 nitrogen and oxygen atoms in total. The van der Waals surface area contributed by atoms with Gasteiger partial charge in [-0.25, -0.2) is 0 Å². The number of aryl methyl sites for hydroxylation is 2. The topological polar surface area (TPSA) is 46.9 Å². The van der Waals surface area contributed by atoms with Crippen molar-refractivity contribution >= 4 is 0 Å². The molecule has 22 heavy (non-hydrogen) atoms. The minimum atomic E-state index is -0.426. The van der Waals surface area contributed by atoms with Crippen LogP contribution < -0.4 is 0 Å². The SMILES string of the molecule is CCC(CO)N1CCN(CC(O)c2cc(C)cc(C)c2)CC1. The molecule has 0 aromatic heterocycles. The third-order valence-electron chi connectivity index (χ3n) is 4.67. The van der Waals surface area contributed by atoms with Gasteiger partial charge in [0.25, 0.3) is 0 Å². The Labute approximate surface area is 134 Å². The lowest BCUT2D eigenvalue weighted by Gasteiger charge is -2.39. The van der Waals surface area contributed by atoms with E-state index in [1.807, 2.05) is 0 Å². The Kier molecular flexibility index (Phi) is 6.38. The summed E-state index contributed by atoms with van der Waals surface area (Å²) in [7, 11) is 0. The lowest BCUT2D eigenvalue weighted by molar-refractivity contribution is 0.0394. The van der Waals surface area contributed by atoms with Crippen LogP contribution in [0.1, 0.15) is 36.1 Å². The van der Waals surface area contributed by atoms with Crippen molar-refractivity contribution in [1.82, 2.24) is 9.80 Å². The zero-order chi connectivity index (χ0) is 16.1. The van der Waals surface area contributed by atoms with Crippen LogP contribution in [0.5, 0.6) is 0 Å². The van der Waals surface area contributed by atoms with Crippen molar-refractivity contribution in [2.75, 3.05) is 39.3 Å². The molecule has 0 bridgehead atoms. The number of nitrogens with zero attached hydrogens (tertiary/aromatic N) is 2. The van der Waals surface area contributed by atoms with E-state index in [2.05, 4.69) is 48.8 Å². The molecule has 1 aromatic rings. The highest BCUT2D eigenvalue weighted by Crippen LogP contribution is 2.19. The summed E-state index contributed by atoms with van der Waals surface area (Å²) in [5.41, 5.74) is 3.42. The molecule has 0 amide bonds. The van der Waals surface area contributed by atoms with E-state index in [9.17, 15) is 10.2 Å². The average Bonchev–Trinajstić information content (AvgIpc) is 2.49. The summed E-state index contributed by atoms with van der Waals surface area (Å²) in [5, 5.41) is 19.9. The molecule has 4 heteroatoms. The van der Waals surface area contributed by atoms with Crippen LogP contribution in [0.2, 0.25) is 0 Å². The average molecular weight is 306 g/mol. The number of piperazine rings is 1. The summed E-state index contributed by atoms with van der Waals surface area (Å²) in [5.74, 6) is 0. The van der Waals surface area contributed by atoms with Crippen molar-refractivity contribution in [2.45, 2.75) is 39.3 Å². The fourth-order valence-electron chi connectivity index (χ4n) is 3.37. The van der Waals surface area contributed by atoms with Gasteiger partial charge >= 0.3 is 0 Å². The lowest BCUT2D eigenvalue weighted by atomic mass is 10.0. The third-order valence-corrected chi connectivity index (χ3v) is 4.67. The standard InChI is InChI=1S/C18H30N2O2/c1-4-17(13-21)20-7-5-19(6-8-20)12-18(22)16-10-14(2)9-15(3)11-16/h9-11,17-18,21-22H,4-8,12-13H2,1-3H3. The highest BCUT2D eigenvalue weighted by atomic mass is 16.3. The first kappa shape index (κ1) is 17.4. The number of β-amino-alcohol motifs (C(OH)–C–C–N with tert-alkyl or cyclic N) is 1. The van der Waals surface area contributed by atoms with Gasteiger partial charge in [0.1, 0.15) is 0 Å². The van der Waals surface area contributed by atoms with Gasteiger partial charge in [-0.05, 0) is 25.8 Å². The maximum atomic E-state index is 10.5. The number of hydrogen-bond acceptors (Lipinski definition) is 4. The molecule has 1 aliphatic heterocycles. The summed E-state index contributed by atoms with van der Waals surface area (Å²) < 4.78 is 0. The van der Waals surface area contributed by atoms with Crippen LogP contribution in [0.3, 0.4) is 0 Å². The van der Waals surface area contributed by atoms with Crippen molar-refractivity contribution in [3.63, 3.8) is 0 Å². The summed E-state index contributed by atoms with van der Waals surface area (Å²) in [6.07, 6.45) is 0.562. The van der Waals surface area contributed by atoms with Crippen LogP contribution in [-0.4, -0.2) is 65.4 Å². The Morgan fingerprint density at radius 1 is 1.05 bits per heavy atom. The van der Waals surface area contributed by atoms with Crippen molar-refractivity contribution in [1.29, 1.82) is 0 Å². The molecule has 0 aliphatic carbocycles. The lowest BCUT2D eigenvalue weighted by Crippen LogP contribution is -2.51. The van der Waals surface area contributed by atoms with Crippen molar-refractivity contribution < 1.29 is 10.2 Å². The van der Waals surface area contributed by atoms with Crippen LogP contribution in [0, 0.1) is 13.8 Å². The molecule has 1 aromatic carbocycles. The highest BCUT2D eigenvalue weighted by Gasteiger charge is 2.23. The van der Waals surface area contributed by atoms with Gasteiger partial charge in [0.2, 0.25) is 0 Å². The fourth-order valence-corrected chi connectivity index (χ4v) is 3.37. The van der Waals surface area contributed by atoms with E-state index in [1.165, 1.54) is 11.1 Å². The Hall–Kier alpha value is -0.940. The van der Waals surface area contributed by atoms with Crippen molar-refractivity contribution in [2.24, 2.45) is 0 Å². The molecule has 0 spiro atoms. The normalized spacial score (nSPS) is 20.0. The van der Waals surface area contributed by atoms with Crippen LogP contribution in [-0.2, 0) is 0 Å². The molecule has 0 saturated carbocycles. The van der Waals surface area contributed by atoms with E-state index in [0.29, 0.717) is 6.54 Å². The first-order valence-corrected chi connectivity index (χ1v) is 8.37. The van der Waals surface area contributed by atoms with Crippen LogP contribution in [0.4, 0.5) is 0 Å². The second-order valence-electron chi connectivity index (χ2n) is 6.52. The molecule has 2 N–H and O–H groups in total. The summed E-state index contributed by atoms with van der Waals surface area (Å²) in [4.78, 5) is 4.68. The molecular weight excluding hydrogens is 276 g/mol. The van der Waals surface area contributed by atoms with Crippen LogP contribution in [0.25, 0.3) is 0 Å². The van der Waals surface area contributed by atoms with E-state index >= 15 is 0 Å². The summed E-state index contributed by atoms with van der Waals surface area (Å²) >= 11 is 0. The largest absolute Gasteiger partial charge is 0.395 e. The van der Waals surface area contributed by atoms with Gasteiger partial charge in [0.15, 0.2) is 0 Å². The summed E-state index contributed by atoms with van der Waals surface area (Å²) in [6, 6.07) is 6.57. The van der Waals surface area contributed by atoms with Gasteiger partial charge in [0, 0.05) is 38.8 Å². The van der Waals surface area contributed by atoms with Gasteiger partial charge in [0.05, 0.1) is 12.7 Å². The second kappa shape index (κ2) is 8.06. The number of benzene rings is 1. The Morgan fingerprint density at radius 3 is 2.14 bits per heavy atom. The van der Waals surface area contributed by atoms with Gasteiger partial charge in [-0.15, -0.1) is 0 Å². The quantitative estimate of drug-likeness (QED) is 0.840. The van der Waals surface area contributed by atoms with Gasteiger partial charge in [-0.2, -0.15) is 0 Å². The molecule has 124 valence electrons. The number of hydrogen-bond donors (Lipinski definition) is 2. The smallest absolute Gasteiger partial charge is 0.0917 e. The van der Waals surface area contributed by atoms with Gasteiger partial charge in [-0.3, -0.25) is 9.80 Å². The zero-order valence-corrected chi connectivity index (χ0v) is 14.1. The number of aliphatic hydroxyl groups is 2. The minimum Gasteiger partial charge on any atom is -0.395 e. The molecule has 1 heterocycles. The molecule has 1 fully saturated rings. The summed E-state index contributed by atoms with van der Waals surface area (Å²) in [6.45, 7) is 11.0. The van der Waals surface area contributed by atoms with Crippen LogP contribution in [0.15, 0.2) is 18.2 Å². The number of rotatable bonds is 6. The predicted octanol–water partition coefficient (Wildman–Crippen LogP) is 1.73. The molecule has 1 aliphatic rings. The predicted molar refractivity (Wildman–Crippen MR) is 90.1 cm³/mol. The van der Waals surface area contributed by atoms with Crippen molar-refractivity contribution in [3.8, 4) is 0 Å². The van der Waals surface area contributed by atoms with E-state index in [1.54, 1.807) is 0 Å². The second-order valence-corrected chi connectivity index (χ2v) is 6.52. The Bertz CT molecular complexity index is 446. The maximum absolute atomic E-state index is 10.5. The van der Waals surface area contributed by atoms with Gasteiger partial charge in [-0.1, -0.05) is 36.2 Å². The first-order valence-electron chi connectivity index (χ1n) is 8.37. The van der Waals surface area contributed by atoms with E-state index in [4.69, 9.17) is 0 Å². The Balaban J connectivity index is 1.87. The van der Waals surface area contributed by atoms with E-state index in [0.717, 1.165) is 38.2 Å². The highest BCUT2D eigenvalue weighted by molar-refractivity contribution is 5.30. The first-order chi connectivity index (χ1) is 10.5. The number of aliphatic hydroxyl groups excluding tert-OH is 2. The Morgan fingerprint density at radius 2 is 1.64 bits per heavy atom. The molecule has 2 atom stereocenters. The molecule has 2 unspecified atom stereocenters. The molecule has 1 saturated heterocycles. The van der Waals surface area contributed by atoms with E-state index in [-0.39, 0.29) is 12.6 Å². The fraction of sp³-hybridized carbons (Fsp3) is 0.667. The van der Waals surface area contributed by atoms with E-state index < -0.39 is 6.10 Å². The van der Waals surface area contributed by atoms with Crippen molar-refractivity contribution in [3.05, 3.63) is 34.9 Å². The molecular formula is C18H30N2O2. The zero-order valence-electron chi connectivity index (χ0n) is 14.1. The third kappa shape index (κ3) is 4.53. The molecule has 2 rings (SSSR count). The van der Waals surface area contributed by atoms with Gasteiger partial charge < -0.3 is 10.2 Å².